The van der Waals surface area contributed by atoms with Crippen LogP contribution in [0, 0.1) is 0 Å². The zero-order chi connectivity index (χ0) is 19.4. The van der Waals surface area contributed by atoms with Crippen LogP contribution in [0.5, 0.6) is 5.75 Å². The van der Waals surface area contributed by atoms with Gasteiger partial charge in [-0.1, -0.05) is 0 Å². The van der Waals surface area contributed by atoms with E-state index in [-0.39, 0.29) is 18.2 Å². The van der Waals surface area contributed by atoms with Crippen molar-refractivity contribution in [2.75, 3.05) is 11.4 Å². The summed E-state index contributed by atoms with van der Waals surface area (Å²) < 4.78 is 33.9. The molecule has 7 nitrogen and oxygen atoms in total. The number of benzene rings is 1. The highest BCUT2D eigenvalue weighted by molar-refractivity contribution is 6.02. The second kappa shape index (κ2) is 8.17. The Morgan fingerprint density at radius 3 is 2.74 bits per heavy atom. The monoisotopic (exact) mass is 379 g/mol. The molecule has 0 bridgehead atoms. The van der Waals surface area contributed by atoms with Crippen molar-refractivity contribution >= 4 is 17.5 Å². The van der Waals surface area contributed by atoms with Gasteiger partial charge < -0.3 is 25.1 Å². The van der Waals surface area contributed by atoms with Crippen molar-refractivity contribution in [1.82, 2.24) is 5.32 Å². The number of nitrogens with one attached hydrogen (secondary N) is 1. The number of rotatable bonds is 6. The van der Waals surface area contributed by atoms with Crippen LogP contribution in [0.1, 0.15) is 29.0 Å². The third-order valence-electron chi connectivity index (χ3n) is 4.23. The number of halogens is 2. The number of carbonyl (C=O) groups is 2. The highest BCUT2D eigenvalue weighted by atomic mass is 19.3. The van der Waals surface area contributed by atoms with Crippen LogP contribution >= 0.6 is 0 Å². The molecule has 1 aliphatic rings. The molecule has 1 saturated heterocycles. The lowest BCUT2D eigenvalue weighted by atomic mass is 10.0. The van der Waals surface area contributed by atoms with E-state index in [1.165, 1.54) is 41.5 Å². The first-order valence-electron chi connectivity index (χ1n) is 8.42. The van der Waals surface area contributed by atoms with Crippen LogP contribution in [0.25, 0.3) is 0 Å². The second-order valence-corrected chi connectivity index (χ2v) is 6.04. The molecular formula is C18H19F2N3O4. The Kier molecular flexibility index (Phi) is 5.70. The summed E-state index contributed by atoms with van der Waals surface area (Å²) in [5, 5.41) is 2.70. The lowest BCUT2D eigenvalue weighted by Crippen LogP contribution is -2.52. The molecule has 27 heavy (non-hydrogen) atoms. The van der Waals surface area contributed by atoms with Gasteiger partial charge in [-0.15, -0.1) is 0 Å². The van der Waals surface area contributed by atoms with Crippen LogP contribution in [0.4, 0.5) is 14.5 Å². The van der Waals surface area contributed by atoms with Crippen LogP contribution < -0.4 is 20.7 Å². The SMILES string of the molecule is NCc1cc(C(=O)NC2CCCN(c3ccc(OC(F)F)cc3)C2=O)co1. The number of piperidine rings is 1. The normalized spacial score (nSPS) is 17.3. The number of anilines is 1. The quantitative estimate of drug-likeness (QED) is 0.802. The standard InChI is InChI=1S/C18H19F2N3O4/c19-18(20)27-13-5-3-12(4-6-13)23-7-1-2-15(17(23)25)22-16(24)11-8-14(9-21)26-10-11/h3-6,8,10,15,18H,1-2,7,9,21H2,(H,22,24). The van der Waals surface area contributed by atoms with Crippen molar-refractivity contribution in [1.29, 1.82) is 0 Å². The Morgan fingerprint density at radius 1 is 1.37 bits per heavy atom. The van der Waals surface area contributed by atoms with Gasteiger partial charge in [-0.05, 0) is 43.2 Å². The maximum absolute atomic E-state index is 12.7. The lowest BCUT2D eigenvalue weighted by Gasteiger charge is -2.32. The van der Waals surface area contributed by atoms with Crippen molar-refractivity contribution in [3.05, 3.63) is 47.9 Å². The molecule has 1 aliphatic heterocycles. The third-order valence-corrected chi connectivity index (χ3v) is 4.23. The molecule has 144 valence electrons. The molecule has 1 aromatic heterocycles. The molecule has 0 radical (unpaired) electrons. The lowest BCUT2D eigenvalue weighted by molar-refractivity contribution is -0.121. The molecule has 1 atom stereocenters. The Bertz CT molecular complexity index is 807. The van der Waals surface area contributed by atoms with E-state index in [1.807, 2.05) is 0 Å². The summed E-state index contributed by atoms with van der Waals surface area (Å²) in [7, 11) is 0. The molecule has 1 unspecified atom stereocenters. The molecule has 9 heteroatoms. The van der Waals surface area contributed by atoms with Crippen LogP contribution in [0.2, 0.25) is 0 Å². The molecule has 2 heterocycles. The fourth-order valence-corrected chi connectivity index (χ4v) is 2.92. The summed E-state index contributed by atoms with van der Waals surface area (Å²) in [4.78, 5) is 26.6. The molecule has 0 spiro atoms. The molecule has 0 aliphatic carbocycles. The van der Waals surface area contributed by atoms with E-state index in [0.29, 0.717) is 36.4 Å². The fraction of sp³-hybridized carbons (Fsp3) is 0.333. The molecule has 3 rings (SSSR count). The number of furan rings is 1. The highest BCUT2D eigenvalue weighted by Gasteiger charge is 2.31. The van der Waals surface area contributed by atoms with E-state index < -0.39 is 18.6 Å². The Labute approximate surface area is 154 Å². The number of hydrogen-bond acceptors (Lipinski definition) is 5. The zero-order valence-electron chi connectivity index (χ0n) is 14.4. The Balaban J connectivity index is 1.67. The maximum Gasteiger partial charge on any atom is 0.387 e. The summed E-state index contributed by atoms with van der Waals surface area (Å²) in [6, 6.07) is 6.65. The predicted octanol–water partition coefficient (Wildman–Crippen LogP) is 2.27. The minimum atomic E-state index is -2.91. The van der Waals surface area contributed by atoms with Gasteiger partial charge in [0.1, 0.15) is 23.8 Å². The van der Waals surface area contributed by atoms with E-state index in [9.17, 15) is 18.4 Å². The van der Waals surface area contributed by atoms with Gasteiger partial charge in [-0.2, -0.15) is 8.78 Å². The summed E-state index contributed by atoms with van der Waals surface area (Å²) in [5.74, 6) is -0.194. The van der Waals surface area contributed by atoms with Crippen LogP contribution in [0.15, 0.2) is 41.0 Å². The predicted molar refractivity (Wildman–Crippen MR) is 92.5 cm³/mol. The molecule has 1 fully saturated rings. The van der Waals surface area contributed by atoms with Crippen LogP contribution in [-0.2, 0) is 11.3 Å². The van der Waals surface area contributed by atoms with Crippen molar-refractivity contribution in [2.24, 2.45) is 5.73 Å². The molecule has 2 amide bonds. The largest absolute Gasteiger partial charge is 0.467 e. The summed E-state index contributed by atoms with van der Waals surface area (Å²) in [6.45, 7) is -2.26. The molecule has 3 N–H and O–H groups in total. The summed E-state index contributed by atoms with van der Waals surface area (Å²) in [5.41, 5.74) is 6.30. The smallest absolute Gasteiger partial charge is 0.387 e. The number of carbonyl (C=O) groups excluding carboxylic acids is 2. The van der Waals surface area contributed by atoms with Crippen molar-refractivity contribution in [3.8, 4) is 5.75 Å². The second-order valence-electron chi connectivity index (χ2n) is 6.04. The Morgan fingerprint density at radius 2 is 2.11 bits per heavy atom. The molecule has 0 saturated carbocycles. The van der Waals surface area contributed by atoms with Gasteiger partial charge in [0.05, 0.1) is 12.1 Å². The van der Waals surface area contributed by atoms with E-state index in [1.54, 1.807) is 0 Å². The van der Waals surface area contributed by atoms with Gasteiger partial charge in [-0.3, -0.25) is 9.59 Å². The topological polar surface area (TPSA) is 97.8 Å². The van der Waals surface area contributed by atoms with Gasteiger partial charge in [0.2, 0.25) is 5.91 Å². The van der Waals surface area contributed by atoms with Crippen molar-refractivity contribution in [2.45, 2.75) is 32.0 Å². The van der Waals surface area contributed by atoms with Gasteiger partial charge in [-0.25, -0.2) is 0 Å². The van der Waals surface area contributed by atoms with Gasteiger partial charge >= 0.3 is 6.61 Å². The average Bonchev–Trinajstić information content (AvgIpc) is 3.13. The highest BCUT2D eigenvalue weighted by Crippen LogP contribution is 2.25. The number of ether oxygens (including phenoxy) is 1. The van der Waals surface area contributed by atoms with E-state index in [2.05, 4.69) is 10.1 Å². The Hall–Kier alpha value is -2.94. The zero-order valence-corrected chi connectivity index (χ0v) is 14.4. The number of nitrogens with two attached hydrogens (primary N) is 1. The van der Waals surface area contributed by atoms with Gasteiger partial charge in [0.15, 0.2) is 0 Å². The first-order valence-corrected chi connectivity index (χ1v) is 8.42. The van der Waals surface area contributed by atoms with Crippen LogP contribution in [-0.4, -0.2) is 31.0 Å². The third kappa shape index (κ3) is 4.43. The fourth-order valence-electron chi connectivity index (χ4n) is 2.92. The van der Waals surface area contributed by atoms with Crippen molar-refractivity contribution < 1.29 is 27.5 Å². The number of alkyl halides is 2. The molecular weight excluding hydrogens is 360 g/mol. The summed E-state index contributed by atoms with van der Waals surface area (Å²) in [6.07, 6.45) is 2.49. The summed E-state index contributed by atoms with van der Waals surface area (Å²) >= 11 is 0. The first kappa shape index (κ1) is 18.8. The first-order chi connectivity index (χ1) is 13.0. The molecule has 1 aromatic carbocycles. The number of hydrogen-bond donors (Lipinski definition) is 2. The minimum Gasteiger partial charge on any atom is -0.467 e. The number of amides is 2. The van der Waals surface area contributed by atoms with E-state index in [0.717, 1.165) is 0 Å². The van der Waals surface area contributed by atoms with Gasteiger partial charge in [0, 0.05) is 12.2 Å². The van der Waals surface area contributed by atoms with Crippen LogP contribution in [0.3, 0.4) is 0 Å². The van der Waals surface area contributed by atoms with Crippen molar-refractivity contribution in [3.63, 3.8) is 0 Å². The van der Waals surface area contributed by atoms with Gasteiger partial charge in [0.25, 0.3) is 5.91 Å². The minimum absolute atomic E-state index is 0.0127. The number of nitrogens with zero attached hydrogens (tertiary/aromatic N) is 1. The maximum atomic E-state index is 12.7. The van der Waals surface area contributed by atoms with E-state index >= 15 is 0 Å². The van der Waals surface area contributed by atoms with E-state index in [4.69, 9.17) is 10.2 Å². The molecule has 2 aromatic rings. The average molecular weight is 379 g/mol.